The Kier molecular flexibility index (Phi) is 5.20. The van der Waals surface area contributed by atoms with E-state index >= 15 is 0 Å². The minimum Gasteiger partial charge on any atom is -0.457 e. The van der Waals surface area contributed by atoms with E-state index in [4.69, 9.17) is 16.0 Å². The fraction of sp³-hybridized carbons (Fsp3) is 0. The van der Waals surface area contributed by atoms with Crippen molar-refractivity contribution in [3.63, 3.8) is 0 Å². The molecule has 1 aliphatic heterocycles. The van der Waals surface area contributed by atoms with Crippen LogP contribution < -0.4 is 5.32 Å². The fourth-order valence-electron chi connectivity index (χ4n) is 2.62. The van der Waals surface area contributed by atoms with E-state index < -0.39 is 4.92 Å². The average Bonchev–Trinajstić information content (AvgIpc) is 3.31. The van der Waals surface area contributed by atoms with Crippen molar-refractivity contribution in [2.45, 2.75) is 0 Å². The summed E-state index contributed by atoms with van der Waals surface area (Å²) in [5, 5.41) is 14.5. The second-order valence-corrected chi connectivity index (χ2v) is 7.38. The van der Waals surface area contributed by atoms with Gasteiger partial charge in [0.15, 0.2) is 5.17 Å². The highest BCUT2D eigenvalue weighted by Gasteiger charge is 2.24. The molecule has 0 radical (unpaired) electrons. The summed E-state index contributed by atoms with van der Waals surface area (Å²) in [6, 6.07) is 16.6. The topological polar surface area (TPSA) is 97.7 Å². The van der Waals surface area contributed by atoms with Crippen LogP contribution in [0, 0.1) is 10.1 Å². The number of nitrogens with zero attached hydrogens (tertiary/aromatic N) is 2. The molecule has 0 unspecified atom stereocenters. The average molecular weight is 426 g/mol. The van der Waals surface area contributed by atoms with E-state index in [1.165, 1.54) is 23.9 Å². The maximum atomic E-state index is 12.2. The largest absolute Gasteiger partial charge is 0.457 e. The van der Waals surface area contributed by atoms with Crippen molar-refractivity contribution in [1.82, 2.24) is 5.32 Å². The molecule has 144 valence electrons. The second kappa shape index (κ2) is 7.94. The number of thioether (sulfide) groups is 1. The Hall–Kier alpha value is -3.36. The van der Waals surface area contributed by atoms with E-state index in [1.54, 1.807) is 48.5 Å². The molecule has 7 nitrogen and oxygen atoms in total. The van der Waals surface area contributed by atoms with E-state index in [0.717, 1.165) is 0 Å². The number of halogens is 1. The van der Waals surface area contributed by atoms with Crippen LogP contribution in [0.4, 0.5) is 11.4 Å². The summed E-state index contributed by atoms with van der Waals surface area (Å²) in [5.74, 6) is 0.617. The minimum atomic E-state index is -0.464. The van der Waals surface area contributed by atoms with Gasteiger partial charge in [0.05, 0.1) is 20.5 Å². The van der Waals surface area contributed by atoms with E-state index in [-0.39, 0.29) is 11.6 Å². The van der Waals surface area contributed by atoms with Crippen LogP contribution in [0.2, 0.25) is 5.02 Å². The summed E-state index contributed by atoms with van der Waals surface area (Å²) in [4.78, 5) is 27.5. The normalized spacial score (nSPS) is 16.4. The zero-order chi connectivity index (χ0) is 20.4. The molecule has 9 heteroatoms. The number of amides is 1. The molecule has 0 atom stereocenters. The lowest BCUT2D eigenvalue weighted by Crippen LogP contribution is -2.19. The van der Waals surface area contributed by atoms with Crippen LogP contribution in [0.25, 0.3) is 17.4 Å². The highest BCUT2D eigenvalue weighted by atomic mass is 35.5. The maximum Gasteiger partial charge on any atom is 0.270 e. The van der Waals surface area contributed by atoms with Crippen LogP contribution in [0.15, 0.2) is 75.0 Å². The third kappa shape index (κ3) is 4.23. The van der Waals surface area contributed by atoms with Crippen molar-refractivity contribution in [3.8, 4) is 11.3 Å². The fourth-order valence-corrected chi connectivity index (χ4v) is 3.61. The van der Waals surface area contributed by atoms with Crippen LogP contribution >= 0.6 is 23.4 Å². The van der Waals surface area contributed by atoms with Crippen LogP contribution in [-0.2, 0) is 4.79 Å². The van der Waals surface area contributed by atoms with Crippen LogP contribution in [0.1, 0.15) is 5.76 Å². The number of nitro groups is 1. The van der Waals surface area contributed by atoms with Gasteiger partial charge < -0.3 is 9.73 Å². The van der Waals surface area contributed by atoms with Crippen LogP contribution in [0.3, 0.4) is 0 Å². The predicted molar refractivity (Wildman–Crippen MR) is 113 cm³/mol. The smallest absolute Gasteiger partial charge is 0.270 e. The summed E-state index contributed by atoms with van der Waals surface area (Å²) in [7, 11) is 0. The number of hydrogen-bond donors (Lipinski definition) is 1. The van der Waals surface area contributed by atoms with Gasteiger partial charge in [-0.25, -0.2) is 4.99 Å². The van der Waals surface area contributed by atoms with Crippen LogP contribution in [-0.4, -0.2) is 16.0 Å². The first-order valence-electron chi connectivity index (χ1n) is 8.38. The van der Waals surface area contributed by atoms with Crippen molar-refractivity contribution in [2.75, 3.05) is 0 Å². The Morgan fingerprint density at radius 2 is 1.97 bits per heavy atom. The number of hydrogen-bond acceptors (Lipinski definition) is 6. The van der Waals surface area contributed by atoms with Crippen LogP contribution in [0.5, 0.6) is 0 Å². The number of nitro benzene ring substituents is 1. The van der Waals surface area contributed by atoms with Gasteiger partial charge in [0.2, 0.25) is 0 Å². The molecule has 0 aliphatic carbocycles. The highest BCUT2D eigenvalue weighted by molar-refractivity contribution is 8.18. The third-order valence-electron chi connectivity index (χ3n) is 3.97. The van der Waals surface area contributed by atoms with Gasteiger partial charge in [-0.05, 0) is 36.0 Å². The number of benzene rings is 2. The molecule has 1 saturated heterocycles. The number of rotatable bonds is 4. The first-order chi connectivity index (χ1) is 14.0. The number of para-hydroxylation sites is 1. The van der Waals surface area contributed by atoms with E-state index in [0.29, 0.717) is 37.9 Å². The van der Waals surface area contributed by atoms with Crippen molar-refractivity contribution in [3.05, 3.63) is 86.5 Å². The van der Waals surface area contributed by atoms with Gasteiger partial charge in [0, 0.05) is 23.8 Å². The zero-order valence-corrected chi connectivity index (χ0v) is 16.2. The molecule has 0 bridgehead atoms. The van der Waals surface area contributed by atoms with E-state index in [1.807, 2.05) is 6.07 Å². The third-order valence-corrected chi connectivity index (χ3v) is 5.20. The predicted octanol–water partition coefficient (Wildman–Crippen LogP) is 5.40. The zero-order valence-electron chi connectivity index (χ0n) is 14.7. The summed E-state index contributed by atoms with van der Waals surface area (Å²) in [6.45, 7) is 0. The van der Waals surface area contributed by atoms with Gasteiger partial charge >= 0.3 is 0 Å². The molecule has 1 N–H and O–H groups in total. The van der Waals surface area contributed by atoms with Crippen molar-refractivity contribution < 1.29 is 14.1 Å². The van der Waals surface area contributed by atoms with Gasteiger partial charge in [-0.1, -0.05) is 35.9 Å². The number of aliphatic imine (C=N–C) groups is 1. The van der Waals surface area contributed by atoms with Gasteiger partial charge in [0.25, 0.3) is 11.6 Å². The Labute approximate surface area is 174 Å². The molecule has 2 heterocycles. The second-order valence-electron chi connectivity index (χ2n) is 5.94. The Morgan fingerprint density at radius 1 is 1.14 bits per heavy atom. The lowest BCUT2D eigenvalue weighted by molar-refractivity contribution is -0.384. The summed E-state index contributed by atoms with van der Waals surface area (Å²) >= 11 is 7.27. The summed E-state index contributed by atoms with van der Waals surface area (Å²) in [5.41, 5.74) is 1.11. The Balaban J connectivity index is 1.56. The molecule has 1 fully saturated rings. The highest BCUT2D eigenvalue weighted by Crippen LogP contribution is 2.32. The number of carbonyl (C=O) groups excluding carboxylic acids is 1. The minimum absolute atomic E-state index is 0.0232. The van der Waals surface area contributed by atoms with Crippen molar-refractivity contribution in [2.24, 2.45) is 4.99 Å². The first-order valence-corrected chi connectivity index (χ1v) is 9.58. The molecular formula is C20H12ClN3O4S. The molecule has 3 aromatic rings. The Morgan fingerprint density at radius 3 is 2.76 bits per heavy atom. The summed E-state index contributed by atoms with van der Waals surface area (Å²) < 4.78 is 5.73. The molecule has 0 spiro atoms. The molecule has 0 saturated carbocycles. The molecular weight excluding hydrogens is 414 g/mol. The van der Waals surface area contributed by atoms with Gasteiger partial charge in [-0.2, -0.15) is 0 Å². The van der Waals surface area contributed by atoms with Gasteiger partial charge in [-0.3, -0.25) is 14.9 Å². The SMILES string of the molecule is O=C1NC(=Nc2ccccc2Cl)SC1=Cc1ccc(-c2cccc([N+](=O)[O-])c2)o1. The monoisotopic (exact) mass is 425 g/mol. The van der Waals surface area contributed by atoms with Crippen molar-refractivity contribution >= 4 is 51.9 Å². The number of carbonyl (C=O) groups is 1. The quantitative estimate of drug-likeness (QED) is 0.343. The van der Waals surface area contributed by atoms with Gasteiger partial charge in [0.1, 0.15) is 11.5 Å². The molecule has 1 aromatic heterocycles. The molecule has 4 rings (SSSR count). The number of nitrogens with one attached hydrogen (secondary N) is 1. The lowest BCUT2D eigenvalue weighted by atomic mass is 10.1. The Bertz CT molecular complexity index is 1190. The standard InChI is InChI=1S/C20H12ClN3O4S/c21-15-6-1-2-7-16(15)22-20-23-19(25)18(29-20)11-14-8-9-17(28-14)12-4-3-5-13(10-12)24(26)27/h1-11H,(H,22,23,25). The van der Waals surface area contributed by atoms with E-state index in [2.05, 4.69) is 10.3 Å². The maximum absolute atomic E-state index is 12.2. The molecule has 1 aliphatic rings. The number of furan rings is 1. The molecule has 29 heavy (non-hydrogen) atoms. The summed E-state index contributed by atoms with van der Waals surface area (Å²) in [6.07, 6.45) is 1.59. The van der Waals surface area contributed by atoms with Crippen molar-refractivity contribution in [1.29, 1.82) is 0 Å². The van der Waals surface area contributed by atoms with Gasteiger partial charge in [-0.15, -0.1) is 0 Å². The number of amidine groups is 1. The molecule has 2 aromatic carbocycles. The first kappa shape index (κ1) is 19.0. The molecule has 1 amide bonds. The number of non-ortho nitro benzene ring substituents is 1. The van der Waals surface area contributed by atoms with E-state index in [9.17, 15) is 14.9 Å². The lowest BCUT2D eigenvalue weighted by Gasteiger charge is -1.98.